The first-order chi connectivity index (χ1) is 18.7. The number of halogens is 1. The van der Waals surface area contributed by atoms with Crippen LogP contribution in [0.2, 0.25) is 5.02 Å². The molecule has 39 heavy (non-hydrogen) atoms. The van der Waals surface area contributed by atoms with Gasteiger partial charge in [0.05, 0.1) is 15.6 Å². The number of sulfonamides is 1. The van der Waals surface area contributed by atoms with Gasteiger partial charge in [0, 0.05) is 13.1 Å². The summed E-state index contributed by atoms with van der Waals surface area (Å²) < 4.78 is 28.7. The zero-order chi connectivity index (χ0) is 28.4. The van der Waals surface area contributed by atoms with Crippen LogP contribution in [0.3, 0.4) is 0 Å². The van der Waals surface area contributed by atoms with Gasteiger partial charge in [0.15, 0.2) is 0 Å². The summed E-state index contributed by atoms with van der Waals surface area (Å²) in [5.41, 5.74) is 2.03. The van der Waals surface area contributed by atoms with Crippen LogP contribution in [0.4, 0.5) is 5.69 Å². The molecule has 0 saturated carbocycles. The summed E-state index contributed by atoms with van der Waals surface area (Å²) in [6.45, 7) is 5.96. The first-order valence-electron chi connectivity index (χ1n) is 13.1. The van der Waals surface area contributed by atoms with Gasteiger partial charge in [-0.2, -0.15) is 0 Å². The SMILES string of the molecule is CCCCNC(=O)[C@H](CC)N(Cc1ccccc1C)C(=O)CN(c1ccccc1Cl)S(=O)(=O)c1ccccc1. The van der Waals surface area contributed by atoms with Crippen LogP contribution in [0.15, 0.2) is 83.8 Å². The highest BCUT2D eigenvalue weighted by Gasteiger charge is 2.34. The molecule has 3 aromatic carbocycles. The Labute approximate surface area is 236 Å². The lowest BCUT2D eigenvalue weighted by Gasteiger charge is -2.33. The van der Waals surface area contributed by atoms with E-state index in [1.807, 2.05) is 45.0 Å². The molecule has 0 heterocycles. The van der Waals surface area contributed by atoms with Crippen molar-refractivity contribution in [2.45, 2.75) is 57.5 Å². The van der Waals surface area contributed by atoms with E-state index in [1.54, 1.807) is 42.5 Å². The number of benzene rings is 3. The van der Waals surface area contributed by atoms with Crippen molar-refractivity contribution in [1.82, 2.24) is 10.2 Å². The molecule has 9 heteroatoms. The maximum Gasteiger partial charge on any atom is 0.264 e. The van der Waals surface area contributed by atoms with Crippen LogP contribution in [-0.2, 0) is 26.2 Å². The summed E-state index contributed by atoms with van der Waals surface area (Å²) in [4.78, 5) is 28.8. The van der Waals surface area contributed by atoms with Gasteiger partial charge in [0.1, 0.15) is 12.6 Å². The number of unbranched alkanes of at least 4 members (excludes halogenated alkanes) is 1. The van der Waals surface area contributed by atoms with E-state index in [1.165, 1.54) is 17.0 Å². The number of anilines is 1. The lowest BCUT2D eigenvalue weighted by molar-refractivity contribution is -0.140. The maximum absolute atomic E-state index is 14.1. The molecule has 1 atom stereocenters. The summed E-state index contributed by atoms with van der Waals surface area (Å²) >= 11 is 6.44. The topological polar surface area (TPSA) is 86.8 Å². The minimum absolute atomic E-state index is 0.0347. The monoisotopic (exact) mass is 569 g/mol. The number of carbonyl (C=O) groups excluding carboxylic acids is 2. The molecular weight excluding hydrogens is 534 g/mol. The molecule has 0 unspecified atom stereocenters. The Bertz CT molecular complexity index is 1370. The fourth-order valence-corrected chi connectivity index (χ4v) is 6.03. The molecule has 0 aliphatic heterocycles. The van der Waals surface area contributed by atoms with Crippen molar-refractivity contribution in [2.24, 2.45) is 0 Å². The van der Waals surface area contributed by atoms with Gasteiger partial charge in [0.25, 0.3) is 10.0 Å². The number of nitrogens with zero attached hydrogens (tertiary/aromatic N) is 2. The predicted molar refractivity (Wildman–Crippen MR) is 156 cm³/mol. The Hall–Kier alpha value is -3.36. The van der Waals surface area contributed by atoms with Crippen LogP contribution in [0.1, 0.15) is 44.2 Å². The lowest BCUT2D eigenvalue weighted by atomic mass is 10.1. The van der Waals surface area contributed by atoms with E-state index >= 15 is 0 Å². The molecule has 0 saturated heterocycles. The number of nitrogens with one attached hydrogen (secondary N) is 1. The van der Waals surface area contributed by atoms with Gasteiger partial charge >= 0.3 is 0 Å². The zero-order valence-electron chi connectivity index (χ0n) is 22.6. The van der Waals surface area contributed by atoms with Crippen molar-refractivity contribution in [3.05, 3.63) is 95.0 Å². The molecule has 3 rings (SSSR count). The number of hydrogen-bond donors (Lipinski definition) is 1. The average Bonchev–Trinajstić information content (AvgIpc) is 2.93. The third-order valence-electron chi connectivity index (χ3n) is 6.55. The van der Waals surface area contributed by atoms with Crippen molar-refractivity contribution in [3.8, 4) is 0 Å². The standard InChI is InChI=1S/C30H36ClN3O4S/c1-4-6-20-32-30(36)27(5-2)33(21-24-15-11-10-14-23(24)3)29(35)22-34(28-19-13-12-18-26(28)31)39(37,38)25-16-8-7-9-17-25/h7-19,27H,4-6,20-22H2,1-3H3,(H,32,36)/t27-/m0/s1. The highest BCUT2D eigenvalue weighted by Crippen LogP contribution is 2.31. The van der Waals surface area contributed by atoms with E-state index in [-0.39, 0.29) is 28.1 Å². The second-order valence-corrected chi connectivity index (χ2v) is 11.6. The number of aryl methyl sites for hydroxylation is 1. The van der Waals surface area contributed by atoms with Crippen LogP contribution in [0.25, 0.3) is 0 Å². The Morgan fingerprint density at radius 1 is 0.923 bits per heavy atom. The summed E-state index contributed by atoms with van der Waals surface area (Å²) in [6.07, 6.45) is 2.11. The molecule has 1 N–H and O–H groups in total. The van der Waals surface area contributed by atoms with Crippen molar-refractivity contribution < 1.29 is 18.0 Å². The van der Waals surface area contributed by atoms with Gasteiger partial charge in [-0.1, -0.05) is 86.5 Å². The van der Waals surface area contributed by atoms with Crippen molar-refractivity contribution in [2.75, 3.05) is 17.4 Å². The van der Waals surface area contributed by atoms with Gasteiger partial charge in [-0.15, -0.1) is 0 Å². The van der Waals surface area contributed by atoms with Crippen LogP contribution in [0, 0.1) is 6.92 Å². The largest absolute Gasteiger partial charge is 0.354 e. The van der Waals surface area contributed by atoms with E-state index in [9.17, 15) is 18.0 Å². The van der Waals surface area contributed by atoms with E-state index in [2.05, 4.69) is 5.32 Å². The van der Waals surface area contributed by atoms with Crippen LogP contribution in [-0.4, -0.2) is 44.3 Å². The Balaban J connectivity index is 2.04. The third-order valence-corrected chi connectivity index (χ3v) is 8.64. The molecule has 0 fully saturated rings. The minimum Gasteiger partial charge on any atom is -0.354 e. The van der Waals surface area contributed by atoms with Gasteiger partial charge in [0.2, 0.25) is 11.8 Å². The molecular formula is C30H36ClN3O4S. The molecule has 7 nitrogen and oxygen atoms in total. The Morgan fingerprint density at radius 3 is 2.21 bits per heavy atom. The molecule has 0 aliphatic rings. The van der Waals surface area contributed by atoms with Gasteiger partial charge in [-0.3, -0.25) is 13.9 Å². The Kier molecular flexibility index (Phi) is 10.9. The smallest absolute Gasteiger partial charge is 0.264 e. The first-order valence-corrected chi connectivity index (χ1v) is 15.0. The zero-order valence-corrected chi connectivity index (χ0v) is 24.2. The molecule has 0 aliphatic carbocycles. The molecule has 0 aromatic heterocycles. The van der Waals surface area contributed by atoms with Gasteiger partial charge in [-0.05, 0) is 55.2 Å². The van der Waals surface area contributed by atoms with E-state index in [0.717, 1.165) is 28.3 Å². The van der Waals surface area contributed by atoms with Crippen molar-refractivity contribution >= 4 is 39.1 Å². The van der Waals surface area contributed by atoms with Gasteiger partial charge < -0.3 is 10.2 Å². The normalized spacial score (nSPS) is 12.0. The number of amides is 2. The number of para-hydroxylation sites is 1. The number of rotatable bonds is 13. The van der Waals surface area contributed by atoms with E-state index in [4.69, 9.17) is 11.6 Å². The molecule has 208 valence electrons. The van der Waals surface area contributed by atoms with Crippen LogP contribution in [0.5, 0.6) is 0 Å². The lowest BCUT2D eigenvalue weighted by Crippen LogP contribution is -2.52. The predicted octanol–water partition coefficient (Wildman–Crippen LogP) is 5.57. The summed E-state index contributed by atoms with van der Waals surface area (Å²) in [7, 11) is -4.16. The fourth-order valence-electron chi connectivity index (χ4n) is 4.28. The molecule has 0 bridgehead atoms. The van der Waals surface area contributed by atoms with Crippen molar-refractivity contribution in [1.29, 1.82) is 0 Å². The second kappa shape index (κ2) is 14.1. The van der Waals surface area contributed by atoms with E-state index < -0.39 is 28.5 Å². The second-order valence-electron chi connectivity index (χ2n) is 9.29. The molecule has 0 radical (unpaired) electrons. The number of carbonyl (C=O) groups is 2. The molecule has 3 aromatic rings. The molecule has 2 amide bonds. The highest BCUT2D eigenvalue weighted by atomic mass is 35.5. The summed E-state index contributed by atoms with van der Waals surface area (Å²) in [5, 5.41) is 3.13. The third kappa shape index (κ3) is 7.61. The first kappa shape index (κ1) is 30.2. The molecule has 0 spiro atoms. The fraction of sp³-hybridized carbons (Fsp3) is 0.333. The van der Waals surface area contributed by atoms with Crippen LogP contribution >= 0.6 is 11.6 Å². The maximum atomic E-state index is 14.1. The quantitative estimate of drug-likeness (QED) is 0.273. The van der Waals surface area contributed by atoms with Crippen LogP contribution < -0.4 is 9.62 Å². The summed E-state index contributed by atoms with van der Waals surface area (Å²) in [6, 6.07) is 21.3. The highest BCUT2D eigenvalue weighted by molar-refractivity contribution is 7.92. The van der Waals surface area contributed by atoms with Gasteiger partial charge in [-0.25, -0.2) is 8.42 Å². The summed E-state index contributed by atoms with van der Waals surface area (Å²) in [5.74, 6) is -0.765. The van der Waals surface area contributed by atoms with E-state index in [0.29, 0.717) is 13.0 Å². The van der Waals surface area contributed by atoms with Crippen molar-refractivity contribution in [3.63, 3.8) is 0 Å². The number of hydrogen-bond acceptors (Lipinski definition) is 4. The Morgan fingerprint density at radius 2 is 1.56 bits per heavy atom. The average molecular weight is 570 g/mol. The minimum atomic E-state index is -4.16.